The molecule has 1 aliphatic heterocycles. The number of hydrogen-bond acceptors (Lipinski definition) is 6. The van der Waals surface area contributed by atoms with Gasteiger partial charge in [-0.3, -0.25) is 9.59 Å². The van der Waals surface area contributed by atoms with Crippen molar-refractivity contribution in [2.75, 3.05) is 25.5 Å². The molecular weight excluding hydrogens is 480 g/mol. The van der Waals surface area contributed by atoms with Crippen molar-refractivity contribution < 1.29 is 22.7 Å². The van der Waals surface area contributed by atoms with Gasteiger partial charge in [-0.15, -0.1) is 0 Å². The maximum Gasteiger partial charge on any atom is 0.256 e. The zero-order valence-corrected chi connectivity index (χ0v) is 20.7. The highest BCUT2D eigenvalue weighted by Gasteiger charge is 2.33. The molecular formula is C26H28N4O5S. The van der Waals surface area contributed by atoms with Gasteiger partial charge in [0.2, 0.25) is 15.9 Å². The van der Waals surface area contributed by atoms with Crippen molar-refractivity contribution in [1.29, 1.82) is 0 Å². The molecule has 2 N–H and O–H groups in total. The quantitative estimate of drug-likeness (QED) is 0.483. The normalized spacial score (nSPS) is 16.2. The van der Waals surface area contributed by atoms with E-state index in [0.29, 0.717) is 31.7 Å². The number of anilines is 1. The minimum Gasteiger partial charge on any atom is -0.493 e. The Morgan fingerprint density at radius 1 is 1.08 bits per heavy atom. The van der Waals surface area contributed by atoms with Crippen LogP contribution >= 0.6 is 0 Å². The van der Waals surface area contributed by atoms with E-state index < -0.39 is 21.8 Å². The monoisotopic (exact) mass is 508 g/mol. The Hall–Kier alpha value is -3.76. The summed E-state index contributed by atoms with van der Waals surface area (Å²) in [6.45, 7) is 0.790. The zero-order valence-electron chi connectivity index (χ0n) is 19.9. The van der Waals surface area contributed by atoms with Gasteiger partial charge in [0.05, 0.1) is 17.9 Å². The van der Waals surface area contributed by atoms with Crippen LogP contribution in [0.15, 0.2) is 77.8 Å². The van der Waals surface area contributed by atoms with E-state index in [1.807, 2.05) is 30.3 Å². The van der Waals surface area contributed by atoms with Gasteiger partial charge in [-0.2, -0.15) is 4.31 Å². The number of pyridine rings is 1. The van der Waals surface area contributed by atoms with Crippen molar-refractivity contribution in [1.82, 2.24) is 14.6 Å². The Morgan fingerprint density at radius 2 is 1.89 bits per heavy atom. The van der Waals surface area contributed by atoms with Crippen LogP contribution in [0.5, 0.6) is 5.75 Å². The highest BCUT2D eigenvalue weighted by Crippen LogP contribution is 2.26. The molecule has 1 atom stereocenters. The van der Waals surface area contributed by atoms with Gasteiger partial charge in [-0.1, -0.05) is 36.4 Å². The molecule has 1 aliphatic rings. The standard InChI is InChI=1S/C26H28N4O5S/c1-35-23-13-6-14-27-24(23)29-26(32)20-10-5-12-22(16-20)36(33,34)30-15-7-11-21(18-30)25(31)28-17-19-8-3-2-4-9-19/h2-6,8-10,12-14,16,21H,7,11,15,17-18H2,1H3,(H,28,31)(H,27,29,32). The first-order chi connectivity index (χ1) is 17.4. The van der Waals surface area contributed by atoms with E-state index in [1.165, 1.54) is 41.9 Å². The van der Waals surface area contributed by atoms with Crippen LogP contribution in [-0.2, 0) is 21.4 Å². The molecule has 188 valence electrons. The highest BCUT2D eigenvalue weighted by atomic mass is 32.2. The maximum absolute atomic E-state index is 13.4. The number of amides is 2. The summed E-state index contributed by atoms with van der Waals surface area (Å²) in [4.78, 5) is 29.6. The summed E-state index contributed by atoms with van der Waals surface area (Å²) < 4.78 is 33.3. The van der Waals surface area contributed by atoms with Gasteiger partial charge in [0.25, 0.3) is 5.91 Å². The first-order valence-corrected chi connectivity index (χ1v) is 13.0. The number of nitrogens with zero attached hydrogens (tertiary/aromatic N) is 2. The van der Waals surface area contributed by atoms with Crippen LogP contribution in [0.25, 0.3) is 0 Å². The number of methoxy groups -OCH3 is 1. The van der Waals surface area contributed by atoms with Crippen molar-refractivity contribution in [3.8, 4) is 5.75 Å². The fraction of sp³-hybridized carbons (Fsp3) is 0.269. The molecule has 2 heterocycles. The minimum absolute atomic E-state index is 0.00604. The van der Waals surface area contributed by atoms with Crippen molar-refractivity contribution >= 4 is 27.7 Å². The van der Waals surface area contributed by atoms with Crippen LogP contribution in [0, 0.1) is 5.92 Å². The van der Waals surface area contributed by atoms with E-state index in [4.69, 9.17) is 4.74 Å². The summed E-state index contributed by atoms with van der Waals surface area (Å²) in [5, 5.41) is 5.56. The van der Waals surface area contributed by atoms with E-state index in [2.05, 4.69) is 15.6 Å². The van der Waals surface area contributed by atoms with E-state index >= 15 is 0 Å². The van der Waals surface area contributed by atoms with Gasteiger partial charge in [0, 0.05) is 31.4 Å². The number of rotatable bonds is 8. The van der Waals surface area contributed by atoms with Gasteiger partial charge in [0.15, 0.2) is 11.6 Å². The van der Waals surface area contributed by atoms with Crippen LogP contribution in [0.4, 0.5) is 5.82 Å². The average Bonchev–Trinajstić information content (AvgIpc) is 2.92. The van der Waals surface area contributed by atoms with E-state index in [-0.39, 0.29) is 28.7 Å². The number of aromatic nitrogens is 1. The van der Waals surface area contributed by atoms with E-state index in [1.54, 1.807) is 12.1 Å². The SMILES string of the molecule is COc1cccnc1NC(=O)c1cccc(S(=O)(=O)N2CCCC(C(=O)NCc3ccccc3)C2)c1. The van der Waals surface area contributed by atoms with Gasteiger partial charge in [-0.25, -0.2) is 13.4 Å². The Morgan fingerprint density at radius 3 is 2.67 bits per heavy atom. The molecule has 1 fully saturated rings. The van der Waals surface area contributed by atoms with Gasteiger partial charge < -0.3 is 15.4 Å². The molecule has 0 aliphatic carbocycles. The number of sulfonamides is 1. The van der Waals surface area contributed by atoms with Gasteiger partial charge >= 0.3 is 0 Å². The van der Waals surface area contributed by atoms with Crippen molar-refractivity contribution in [2.24, 2.45) is 5.92 Å². The summed E-state index contributed by atoms with van der Waals surface area (Å²) in [5.74, 6) is -0.504. The fourth-order valence-corrected chi connectivity index (χ4v) is 5.65. The number of carbonyl (C=O) groups is 2. The van der Waals surface area contributed by atoms with Crippen molar-refractivity contribution in [3.05, 3.63) is 84.1 Å². The molecule has 0 radical (unpaired) electrons. The lowest BCUT2D eigenvalue weighted by molar-refractivity contribution is -0.126. The summed E-state index contributed by atoms with van der Waals surface area (Å²) >= 11 is 0. The van der Waals surface area contributed by atoms with Crippen molar-refractivity contribution in [3.63, 3.8) is 0 Å². The molecule has 3 aromatic rings. The molecule has 1 unspecified atom stereocenters. The summed E-state index contributed by atoms with van der Waals surface area (Å²) in [6.07, 6.45) is 2.70. The van der Waals surface area contributed by atoms with Crippen molar-refractivity contribution in [2.45, 2.75) is 24.3 Å². The maximum atomic E-state index is 13.4. The molecule has 10 heteroatoms. The van der Waals surface area contributed by atoms with Crippen LogP contribution in [0.3, 0.4) is 0 Å². The number of benzene rings is 2. The molecule has 2 amide bonds. The second kappa shape index (κ2) is 11.3. The fourth-order valence-electron chi connectivity index (χ4n) is 4.08. The predicted molar refractivity (Wildman–Crippen MR) is 135 cm³/mol. The molecule has 4 rings (SSSR count). The topological polar surface area (TPSA) is 118 Å². The second-order valence-corrected chi connectivity index (χ2v) is 10.4. The van der Waals surface area contributed by atoms with Crippen LogP contribution < -0.4 is 15.4 Å². The first-order valence-electron chi connectivity index (χ1n) is 11.6. The summed E-state index contributed by atoms with van der Waals surface area (Å²) in [7, 11) is -2.44. The van der Waals surface area contributed by atoms with Crippen LogP contribution in [0.2, 0.25) is 0 Å². The van der Waals surface area contributed by atoms with Gasteiger partial charge in [0.1, 0.15) is 0 Å². The smallest absolute Gasteiger partial charge is 0.256 e. The highest BCUT2D eigenvalue weighted by molar-refractivity contribution is 7.89. The van der Waals surface area contributed by atoms with E-state index in [9.17, 15) is 18.0 Å². The van der Waals surface area contributed by atoms with Crippen LogP contribution in [-0.4, -0.2) is 49.7 Å². The summed E-state index contributed by atoms with van der Waals surface area (Å²) in [5.41, 5.74) is 1.14. The number of ether oxygens (including phenoxy) is 1. The Balaban J connectivity index is 1.44. The predicted octanol–water partition coefficient (Wildman–Crippen LogP) is 3.06. The minimum atomic E-state index is -3.90. The Bertz CT molecular complexity index is 1330. The molecule has 36 heavy (non-hydrogen) atoms. The molecule has 1 saturated heterocycles. The lowest BCUT2D eigenvalue weighted by Crippen LogP contribution is -2.45. The molecule has 0 bridgehead atoms. The zero-order chi connectivity index (χ0) is 25.5. The Labute approximate surface area is 210 Å². The third kappa shape index (κ3) is 5.89. The third-order valence-corrected chi connectivity index (χ3v) is 7.88. The van der Waals surface area contributed by atoms with Gasteiger partial charge in [-0.05, 0) is 48.7 Å². The first kappa shape index (κ1) is 25.3. The number of hydrogen-bond donors (Lipinski definition) is 2. The summed E-state index contributed by atoms with van der Waals surface area (Å²) in [6, 6.07) is 18.7. The number of carbonyl (C=O) groups excluding carboxylic acids is 2. The lowest BCUT2D eigenvalue weighted by Gasteiger charge is -2.31. The lowest BCUT2D eigenvalue weighted by atomic mass is 9.99. The second-order valence-electron chi connectivity index (χ2n) is 8.44. The molecule has 2 aromatic carbocycles. The molecule has 0 saturated carbocycles. The molecule has 1 aromatic heterocycles. The Kier molecular flexibility index (Phi) is 7.97. The molecule has 0 spiro atoms. The largest absolute Gasteiger partial charge is 0.493 e. The number of piperidine rings is 1. The molecule has 9 nitrogen and oxygen atoms in total. The van der Waals surface area contributed by atoms with Crippen LogP contribution in [0.1, 0.15) is 28.8 Å². The third-order valence-electron chi connectivity index (χ3n) is 6.02. The average molecular weight is 509 g/mol. The van der Waals surface area contributed by atoms with E-state index in [0.717, 1.165) is 5.56 Å². The number of nitrogens with one attached hydrogen (secondary N) is 2.